The first-order valence-corrected chi connectivity index (χ1v) is 10.7. The zero-order valence-corrected chi connectivity index (χ0v) is 18.1. The van der Waals surface area contributed by atoms with Crippen LogP contribution < -0.4 is 0 Å². The summed E-state index contributed by atoms with van der Waals surface area (Å²) < 4.78 is 4.54. The Morgan fingerprint density at radius 2 is 1.71 bits per heavy atom. The lowest BCUT2D eigenvalue weighted by Gasteiger charge is -2.11. The van der Waals surface area contributed by atoms with E-state index in [4.69, 9.17) is 12.2 Å². The highest BCUT2D eigenvalue weighted by Crippen LogP contribution is 2.36. The first kappa shape index (κ1) is 19.4. The number of phenolic OH excluding ortho intramolecular Hbond substituents is 2. The second-order valence-corrected chi connectivity index (χ2v) is 7.89. The minimum Gasteiger partial charge on any atom is -0.508 e. The second-order valence-electron chi connectivity index (χ2n) is 7.50. The highest BCUT2D eigenvalue weighted by molar-refractivity contribution is 7.71. The molecule has 0 amide bonds. The predicted octanol–water partition coefficient (Wildman–Crippen LogP) is 5.70. The molecule has 0 aliphatic carbocycles. The van der Waals surface area contributed by atoms with Crippen molar-refractivity contribution in [3.05, 3.63) is 64.9 Å². The van der Waals surface area contributed by atoms with E-state index in [1.54, 1.807) is 6.07 Å². The number of aromatic amines is 1. The normalized spacial score (nSPS) is 11.5. The number of phenols is 2. The van der Waals surface area contributed by atoms with Gasteiger partial charge in [-0.05, 0) is 61.5 Å². The summed E-state index contributed by atoms with van der Waals surface area (Å²) in [6, 6.07) is 17.7. The summed E-state index contributed by atoms with van der Waals surface area (Å²) >= 11 is 5.54. The smallest absolute Gasteiger partial charge is 0.200 e. The Morgan fingerprint density at radius 1 is 0.935 bits per heavy atom. The number of nitrogens with one attached hydrogen (secondary N) is 1. The van der Waals surface area contributed by atoms with Gasteiger partial charge in [-0.2, -0.15) is 5.10 Å². The fourth-order valence-electron chi connectivity index (χ4n) is 4.32. The van der Waals surface area contributed by atoms with Crippen molar-refractivity contribution in [3.63, 3.8) is 0 Å². The molecule has 0 saturated heterocycles. The van der Waals surface area contributed by atoms with Crippen molar-refractivity contribution < 1.29 is 10.2 Å². The molecule has 0 saturated carbocycles. The third-order valence-corrected chi connectivity index (χ3v) is 6.10. The van der Waals surface area contributed by atoms with Crippen molar-refractivity contribution in [2.75, 3.05) is 0 Å². The zero-order chi connectivity index (χ0) is 21.7. The van der Waals surface area contributed by atoms with Crippen molar-refractivity contribution in [2.24, 2.45) is 0 Å². The van der Waals surface area contributed by atoms with Gasteiger partial charge in [0.25, 0.3) is 0 Å². The van der Waals surface area contributed by atoms with Crippen LogP contribution in [0.15, 0.2) is 54.6 Å². The molecule has 0 radical (unpaired) electrons. The van der Waals surface area contributed by atoms with Crippen LogP contribution >= 0.6 is 12.2 Å². The van der Waals surface area contributed by atoms with Gasteiger partial charge in [0.1, 0.15) is 11.5 Å². The fraction of sp³-hybridized carbons (Fsp3) is 0.167. The lowest BCUT2D eigenvalue weighted by atomic mass is 10.1. The Balaban J connectivity index is 1.77. The fourth-order valence-corrected chi connectivity index (χ4v) is 4.56. The van der Waals surface area contributed by atoms with E-state index in [1.165, 1.54) is 17.0 Å². The number of hydrogen-bond donors (Lipinski definition) is 3. The Labute approximate surface area is 184 Å². The molecule has 3 aromatic carbocycles. The number of rotatable bonds is 4. The number of benzene rings is 3. The maximum absolute atomic E-state index is 10.5. The lowest BCUT2D eigenvalue weighted by Crippen LogP contribution is -1.99. The van der Waals surface area contributed by atoms with Crippen LogP contribution in [0.2, 0.25) is 0 Å². The first-order valence-electron chi connectivity index (χ1n) is 10.3. The van der Waals surface area contributed by atoms with Gasteiger partial charge in [0.05, 0.1) is 11.3 Å². The molecule has 7 heteroatoms. The minimum absolute atomic E-state index is 0.0476. The molecule has 2 heterocycles. The highest BCUT2D eigenvalue weighted by Gasteiger charge is 2.18. The van der Waals surface area contributed by atoms with E-state index < -0.39 is 0 Å². The van der Waals surface area contributed by atoms with E-state index in [1.807, 2.05) is 23.6 Å². The van der Waals surface area contributed by atoms with Gasteiger partial charge < -0.3 is 14.8 Å². The average molecular weight is 431 g/mol. The number of para-hydroxylation sites is 1. The van der Waals surface area contributed by atoms with Crippen molar-refractivity contribution in [1.29, 1.82) is 0 Å². The van der Waals surface area contributed by atoms with Crippen LogP contribution in [0, 0.1) is 4.77 Å². The molecule has 0 aliphatic heterocycles. The molecule has 5 aromatic rings. The molecule has 31 heavy (non-hydrogen) atoms. The number of H-pyrrole nitrogens is 1. The topological polar surface area (TPSA) is 79.0 Å². The summed E-state index contributed by atoms with van der Waals surface area (Å²) in [7, 11) is 0. The molecular formula is C24H22N4O2S. The third kappa shape index (κ3) is 2.92. The second kappa shape index (κ2) is 7.28. The van der Waals surface area contributed by atoms with Crippen LogP contribution in [0.4, 0.5) is 0 Å². The molecule has 0 spiro atoms. The number of aryl methyl sites for hydroxylation is 2. The van der Waals surface area contributed by atoms with Crippen molar-refractivity contribution in [2.45, 2.75) is 26.8 Å². The third-order valence-electron chi connectivity index (χ3n) is 5.82. The Kier molecular flexibility index (Phi) is 4.55. The van der Waals surface area contributed by atoms with E-state index in [0.717, 1.165) is 28.7 Å². The van der Waals surface area contributed by atoms with E-state index >= 15 is 0 Å². The van der Waals surface area contributed by atoms with Gasteiger partial charge in [0.2, 0.25) is 0 Å². The van der Waals surface area contributed by atoms with E-state index in [-0.39, 0.29) is 11.5 Å². The van der Waals surface area contributed by atoms with Crippen LogP contribution in [0.25, 0.3) is 38.9 Å². The zero-order valence-electron chi connectivity index (χ0n) is 17.3. The van der Waals surface area contributed by atoms with Crippen LogP contribution in [0.5, 0.6) is 11.5 Å². The van der Waals surface area contributed by atoms with Crippen LogP contribution in [-0.2, 0) is 13.0 Å². The molecule has 2 aromatic heterocycles. The standard InChI is InChI=1S/C24H22N4O2S/c1-3-14-11-18(22(30)13-21(14)29)23-25-26-24(31)28(23)15-9-10-20-17(12-15)16-7-5-6-8-19(16)27(20)4-2/h5-13,29-30H,3-4H2,1-2H3,(H,26,31). The van der Waals surface area contributed by atoms with Gasteiger partial charge in [-0.25, -0.2) is 0 Å². The van der Waals surface area contributed by atoms with Gasteiger partial charge in [0, 0.05) is 34.4 Å². The Bertz CT molecular complexity index is 1510. The summed E-state index contributed by atoms with van der Waals surface area (Å²) in [6.07, 6.45) is 0.632. The van der Waals surface area contributed by atoms with Gasteiger partial charge in [-0.15, -0.1) is 0 Å². The average Bonchev–Trinajstić information content (AvgIpc) is 3.31. The maximum atomic E-state index is 10.5. The quantitative estimate of drug-likeness (QED) is 0.320. The Morgan fingerprint density at radius 3 is 2.48 bits per heavy atom. The molecule has 6 nitrogen and oxygen atoms in total. The number of hydrogen-bond acceptors (Lipinski definition) is 4. The first-order chi connectivity index (χ1) is 15.0. The van der Waals surface area contributed by atoms with Gasteiger partial charge in [-0.1, -0.05) is 25.1 Å². The molecule has 0 fully saturated rings. The molecule has 0 unspecified atom stereocenters. The number of fused-ring (bicyclic) bond motifs is 3. The van der Waals surface area contributed by atoms with Gasteiger partial charge in [0.15, 0.2) is 10.6 Å². The summed E-state index contributed by atoms with van der Waals surface area (Å²) in [5.41, 5.74) is 4.44. The largest absolute Gasteiger partial charge is 0.508 e. The maximum Gasteiger partial charge on any atom is 0.200 e. The van der Waals surface area contributed by atoms with Crippen LogP contribution in [0.1, 0.15) is 19.4 Å². The number of nitrogens with zero attached hydrogens (tertiary/aromatic N) is 3. The summed E-state index contributed by atoms with van der Waals surface area (Å²) in [5, 5.41) is 30.2. The van der Waals surface area contributed by atoms with E-state index in [0.29, 0.717) is 22.6 Å². The molecule has 0 bridgehead atoms. The molecular weight excluding hydrogens is 408 g/mol. The molecule has 0 aliphatic rings. The summed E-state index contributed by atoms with van der Waals surface area (Å²) in [5.74, 6) is 0.516. The number of aromatic hydroxyl groups is 2. The summed E-state index contributed by atoms with van der Waals surface area (Å²) in [4.78, 5) is 0. The van der Waals surface area contributed by atoms with E-state index in [9.17, 15) is 10.2 Å². The SMILES string of the molecule is CCc1cc(-c2n[nH]c(=S)n2-c2ccc3c(c2)c2ccccc2n3CC)c(O)cc1O. The Hall–Kier alpha value is -3.58. The molecule has 5 rings (SSSR count). The number of aromatic nitrogens is 4. The van der Waals surface area contributed by atoms with Gasteiger partial charge in [-0.3, -0.25) is 9.67 Å². The summed E-state index contributed by atoms with van der Waals surface area (Å²) in [6.45, 7) is 4.97. The molecule has 3 N–H and O–H groups in total. The van der Waals surface area contributed by atoms with Gasteiger partial charge >= 0.3 is 0 Å². The van der Waals surface area contributed by atoms with Crippen molar-refractivity contribution in [1.82, 2.24) is 19.3 Å². The van der Waals surface area contributed by atoms with Crippen LogP contribution in [-0.4, -0.2) is 29.5 Å². The van der Waals surface area contributed by atoms with Crippen molar-refractivity contribution >= 4 is 34.0 Å². The molecule has 0 atom stereocenters. The lowest BCUT2D eigenvalue weighted by molar-refractivity contribution is 0.447. The van der Waals surface area contributed by atoms with Crippen molar-refractivity contribution in [3.8, 4) is 28.6 Å². The minimum atomic E-state index is -0.0476. The predicted molar refractivity (Wildman–Crippen MR) is 126 cm³/mol. The highest BCUT2D eigenvalue weighted by atomic mass is 32.1. The molecule has 156 valence electrons. The van der Waals surface area contributed by atoms with Crippen LogP contribution in [0.3, 0.4) is 0 Å². The van der Waals surface area contributed by atoms with E-state index in [2.05, 4.69) is 52.0 Å². The monoisotopic (exact) mass is 430 g/mol.